The minimum absolute atomic E-state index is 0.216. The number of aromatic nitrogens is 1. The van der Waals surface area contributed by atoms with Gasteiger partial charge in [0.25, 0.3) is 0 Å². The van der Waals surface area contributed by atoms with E-state index in [2.05, 4.69) is 32.6 Å². The molecule has 0 amide bonds. The number of nitrogens with one attached hydrogen (secondary N) is 2. The van der Waals surface area contributed by atoms with Crippen LogP contribution in [0.1, 0.15) is 43.0 Å². The lowest BCUT2D eigenvalue weighted by molar-refractivity contribution is 0.215. The molecule has 3 heterocycles. The van der Waals surface area contributed by atoms with Crippen molar-refractivity contribution in [1.29, 1.82) is 0 Å². The molecule has 0 aliphatic carbocycles. The van der Waals surface area contributed by atoms with Crippen molar-refractivity contribution in [2.24, 2.45) is 4.99 Å². The predicted molar refractivity (Wildman–Crippen MR) is 96.3 cm³/mol. The normalized spacial score (nSPS) is 17.0. The van der Waals surface area contributed by atoms with E-state index >= 15 is 0 Å². The number of rotatable bonds is 7. The number of nitrogens with zero attached hydrogens (tertiary/aromatic N) is 3. The summed E-state index contributed by atoms with van der Waals surface area (Å²) in [4.78, 5) is 6.75. The Kier molecular flexibility index (Phi) is 6.11. The second-order valence-corrected chi connectivity index (χ2v) is 6.22. The van der Waals surface area contributed by atoms with Crippen molar-refractivity contribution in [2.75, 3.05) is 26.7 Å². The van der Waals surface area contributed by atoms with Crippen molar-refractivity contribution in [3.05, 3.63) is 41.7 Å². The van der Waals surface area contributed by atoms with E-state index in [0.29, 0.717) is 6.54 Å². The van der Waals surface area contributed by atoms with Crippen LogP contribution >= 0.6 is 0 Å². The molecule has 0 saturated carbocycles. The fourth-order valence-corrected chi connectivity index (χ4v) is 3.13. The second kappa shape index (κ2) is 8.71. The fraction of sp³-hybridized carbons (Fsp3) is 0.556. The SMILES string of the molecule is CCc1cc(CNC(=NC)NCC(c2ccco2)N2CCCC2)on1. The maximum atomic E-state index is 5.65. The zero-order valence-electron chi connectivity index (χ0n) is 15.0. The van der Waals surface area contributed by atoms with Crippen molar-refractivity contribution in [1.82, 2.24) is 20.7 Å². The molecule has 136 valence electrons. The van der Waals surface area contributed by atoms with E-state index in [-0.39, 0.29) is 6.04 Å². The van der Waals surface area contributed by atoms with Gasteiger partial charge in [-0.1, -0.05) is 12.1 Å². The molecule has 1 atom stereocenters. The highest BCUT2D eigenvalue weighted by molar-refractivity contribution is 5.79. The van der Waals surface area contributed by atoms with Crippen molar-refractivity contribution in [2.45, 2.75) is 38.8 Å². The Hall–Kier alpha value is -2.28. The average Bonchev–Trinajstić information content (AvgIpc) is 3.40. The zero-order chi connectivity index (χ0) is 17.5. The molecule has 2 N–H and O–H groups in total. The summed E-state index contributed by atoms with van der Waals surface area (Å²) < 4.78 is 11.0. The van der Waals surface area contributed by atoms with Crippen LogP contribution in [0.15, 0.2) is 38.4 Å². The standard InChI is InChI=1S/C18H27N5O2/c1-3-14-11-15(25-22-14)12-20-18(19-2)21-13-16(17-7-6-10-24-17)23-8-4-5-9-23/h6-7,10-11,16H,3-5,8-9,12-13H2,1-2H3,(H2,19,20,21). The molecule has 2 aromatic heterocycles. The zero-order valence-corrected chi connectivity index (χ0v) is 15.0. The van der Waals surface area contributed by atoms with Crippen molar-refractivity contribution in [3.8, 4) is 0 Å². The van der Waals surface area contributed by atoms with Gasteiger partial charge in [-0.2, -0.15) is 0 Å². The third-order valence-electron chi connectivity index (χ3n) is 4.54. The maximum absolute atomic E-state index is 5.65. The first-order chi connectivity index (χ1) is 12.3. The minimum atomic E-state index is 0.216. The van der Waals surface area contributed by atoms with Crippen molar-refractivity contribution < 1.29 is 8.94 Å². The van der Waals surface area contributed by atoms with Crippen LogP contribution in [0.2, 0.25) is 0 Å². The summed E-state index contributed by atoms with van der Waals surface area (Å²) >= 11 is 0. The predicted octanol–water partition coefficient (Wildman–Crippen LogP) is 2.33. The van der Waals surface area contributed by atoms with E-state index in [0.717, 1.165) is 49.2 Å². The smallest absolute Gasteiger partial charge is 0.191 e. The maximum Gasteiger partial charge on any atom is 0.191 e. The molecule has 1 unspecified atom stereocenters. The molecule has 25 heavy (non-hydrogen) atoms. The average molecular weight is 345 g/mol. The highest BCUT2D eigenvalue weighted by Gasteiger charge is 2.25. The number of guanidine groups is 1. The first-order valence-corrected chi connectivity index (χ1v) is 8.96. The third-order valence-corrected chi connectivity index (χ3v) is 4.54. The van der Waals surface area contributed by atoms with Gasteiger partial charge in [0.15, 0.2) is 11.7 Å². The van der Waals surface area contributed by atoms with E-state index in [1.54, 1.807) is 13.3 Å². The lowest BCUT2D eigenvalue weighted by Crippen LogP contribution is -2.42. The fourth-order valence-electron chi connectivity index (χ4n) is 3.13. The Labute approximate surface area is 148 Å². The summed E-state index contributed by atoms with van der Waals surface area (Å²) in [7, 11) is 1.77. The molecule has 0 radical (unpaired) electrons. The minimum Gasteiger partial charge on any atom is -0.468 e. The number of aryl methyl sites for hydroxylation is 1. The molecular formula is C18H27N5O2. The molecule has 1 saturated heterocycles. The van der Waals surface area contributed by atoms with Crippen LogP contribution in [0, 0.1) is 0 Å². The Morgan fingerprint density at radius 2 is 2.20 bits per heavy atom. The second-order valence-electron chi connectivity index (χ2n) is 6.22. The van der Waals surface area contributed by atoms with Crippen molar-refractivity contribution >= 4 is 5.96 Å². The first kappa shape index (κ1) is 17.5. The monoisotopic (exact) mass is 345 g/mol. The van der Waals surface area contributed by atoms with Gasteiger partial charge in [-0.25, -0.2) is 0 Å². The van der Waals surface area contributed by atoms with Gasteiger partial charge in [0.05, 0.1) is 24.5 Å². The molecule has 1 aliphatic heterocycles. The largest absolute Gasteiger partial charge is 0.468 e. The van der Waals surface area contributed by atoms with E-state index in [4.69, 9.17) is 8.94 Å². The molecule has 7 nitrogen and oxygen atoms in total. The molecular weight excluding hydrogens is 318 g/mol. The van der Waals surface area contributed by atoms with Gasteiger partial charge >= 0.3 is 0 Å². The summed E-state index contributed by atoms with van der Waals surface area (Å²) in [5.41, 5.74) is 0.965. The van der Waals surface area contributed by atoms with E-state index in [1.807, 2.05) is 18.2 Å². The van der Waals surface area contributed by atoms with Crippen LogP contribution < -0.4 is 10.6 Å². The molecule has 0 aromatic carbocycles. The van der Waals surface area contributed by atoms with Crippen LogP contribution in [0.25, 0.3) is 0 Å². The van der Waals surface area contributed by atoms with Gasteiger partial charge in [0.2, 0.25) is 0 Å². The lowest BCUT2D eigenvalue weighted by Gasteiger charge is -2.26. The van der Waals surface area contributed by atoms with Gasteiger partial charge in [0, 0.05) is 19.7 Å². The van der Waals surface area contributed by atoms with Gasteiger partial charge in [0.1, 0.15) is 5.76 Å². The highest BCUT2D eigenvalue weighted by Crippen LogP contribution is 2.24. The third kappa shape index (κ3) is 4.63. The van der Waals surface area contributed by atoms with Gasteiger partial charge in [-0.05, 0) is 44.5 Å². The Bertz CT molecular complexity index is 659. The van der Waals surface area contributed by atoms with Crippen molar-refractivity contribution in [3.63, 3.8) is 0 Å². The lowest BCUT2D eigenvalue weighted by atomic mass is 10.2. The Morgan fingerprint density at radius 1 is 1.36 bits per heavy atom. The Morgan fingerprint density at radius 3 is 2.84 bits per heavy atom. The topological polar surface area (TPSA) is 78.8 Å². The summed E-state index contributed by atoms with van der Waals surface area (Å²) in [6, 6.07) is 6.17. The molecule has 1 aliphatic rings. The Balaban J connectivity index is 1.54. The van der Waals surface area contributed by atoms with Gasteiger partial charge < -0.3 is 19.6 Å². The summed E-state index contributed by atoms with van der Waals surface area (Å²) in [6.45, 7) is 5.57. The highest BCUT2D eigenvalue weighted by atomic mass is 16.5. The van der Waals surface area contributed by atoms with E-state index in [9.17, 15) is 0 Å². The molecule has 2 aromatic rings. The number of hydrogen-bond donors (Lipinski definition) is 2. The molecule has 3 rings (SSSR count). The number of furan rings is 1. The van der Waals surface area contributed by atoms with Gasteiger partial charge in [-0.3, -0.25) is 9.89 Å². The number of aliphatic imine (C=N–C) groups is 1. The first-order valence-electron chi connectivity index (χ1n) is 8.96. The number of likely N-dealkylation sites (tertiary alicyclic amines) is 1. The van der Waals surface area contributed by atoms with Crippen LogP contribution in [-0.4, -0.2) is 42.7 Å². The van der Waals surface area contributed by atoms with Crippen LogP contribution in [0.4, 0.5) is 0 Å². The molecule has 0 bridgehead atoms. The van der Waals surface area contributed by atoms with Crippen LogP contribution in [0.3, 0.4) is 0 Å². The van der Waals surface area contributed by atoms with E-state index in [1.165, 1.54) is 12.8 Å². The molecule has 1 fully saturated rings. The summed E-state index contributed by atoms with van der Waals surface area (Å²) in [5, 5.41) is 10.7. The quantitative estimate of drug-likeness (QED) is 0.592. The summed E-state index contributed by atoms with van der Waals surface area (Å²) in [5.74, 6) is 2.54. The van der Waals surface area contributed by atoms with Crippen LogP contribution in [0.5, 0.6) is 0 Å². The number of hydrogen-bond acceptors (Lipinski definition) is 5. The van der Waals surface area contributed by atoms with E-state index < -0.39 is 0 Å². The summed E-state index contributed by atoms with van der Waals surface area (Å²) in [6.07, 6.45) is 5.10. The van der Waals surface area contributed by atoms with Gasteiger partial charge in [-0.15, -0.1) is 0 Å². The van der Waals surface area contributed by atoms with Crippen LogP contribution in [-0.2, 0) is 13.0 Å². The molecule has 0 spiro atoms. The molecule has 7 heteroatoms.